The third-order valence-electron chi connectivity index (χ3n) is 5.18. The number of nitrogens with one attached hydrogen (secondary N) is 1. The predicted octanol–water partition coefficient (Wildman–Crippen LogP) is 2.56. The van der Waals surface area contributed by atoms with Crippen LogP contribution in [0.15, 0.2) is 24.5 Å². The van der Waals surface area contributed by atoms with Crippen molar-refractivity contribution in [3.63, 3.8) is 0 Å². The minimum Gasteiger partial charge on any atom is -0.347 e. The molecule has 2 atom stereocenters. The lowest BCUT2D eigenvalue weighted by Gasteiger charge is -2.49. The summed E-state index contributed by atoms with van der Waals surface area (Å²) in [6.07, 6.45) is 5.34. The Hall–Kier alpha value is -1.86. The molecule has 0 saturated carbocycles. The van der Waals surface area contributed by atoms with E-state index in [0.29, 0.717) is 21.8 Å². The molecule has 126 valence electrons. The fourth-order valence-corrected chi connectivity index (χ4v) is 4.59. The Morgan fingerprint density at radius 1 is 1.29 bits per heavy atom. The van der Waals surface area contributed by atoms with Gasteiger partial charge in [0.05, 0.1) is 6.20 Å². The van der Waals surface area contributed by atoms with Crippen LogP contribution in [0.1, 0.15) is 29.4 Å². The van der Waals surface area contributed by atoms with Crippen molar-refractivity contribution in [1.82, 2.24) is 20.2 Å². The number of carbonyl (C=O) groups excluding carboxylic acids is 1. The van der Waals surface area contributed by atoms with Gasteiger partial charge < -0.3 is 5.32 Å². The van der Waals surface area contributed by atoms with Crippen LogP contribution >= 0.6 is 11.3 Å². The summed E-state index contributed by atoms with van der Waals surface area (Å²) in [6.45, 7) is 4.47. The predicted molar refractivity (Wildman–Crippen MR) is 90.3 cm³/mol. The van der Waals surface area contributed by atoms with E-state index in [0.717, 1.165) is 31.5 Å². The quantitative estimate of drug-likeness (QED) is 0.868. The van der Waals surface area contributed by atoms with E-state index >= 15 is 0 Å². The van der Waals surface area contributed by atoms with E-state index in [2.05, 4.69) is 27.1 Å². The lowest BCUT2D eigenvalue weighted by molar-refractivity contribution is 0.0218. The number of hydrogen-bond donors (Lipinski definition) is 1. The second-order valence-corrected chi connectivity index (χ2v) is 7.54. The molecule has 3 aliphatic heterocycles. The first-order chi connectivity index (χ1) is 11.6. The summed E-state index contributed by atoms with van der Waals surface area (Å²) in [6, 6.07) is 3.51. The molecule has 0 spiro atoms. The van der Waals surface area contributed by atoms with Crippen LogP contribution in [-0.4, -0.2) is 45.9 Å². The molecular formula is C17H19FN4OS. The number of nitrogens with zero attached hydrogens (tertiary/aromatic N) is 3. The maximum Gasteiger partial charge on any atom is 0.263 e. The molecule has 5 nitrogen and oxygen atoms in total. The Labute approximate surface area is 143 Å². The third-order valence-corrected chi connectivity index (χ3v) is 6.22. The number of fused-ring (bicyclic) bond motifs is 3. The van der Waals surface area contributed by atoms with Crippen molar-refractivity contribution >= 4 is 17.2 Å². The SMILES string of the molecule is C[C@@H]1[C@H](NC(=O)c2cnc(-c3ccc(F)nc3)s2)C2CCN1CC2. The first kappa shape index (κ1) is 15.7. The van der Waals surface area contributed by atoms with E-state index in [4.69, 9.17) is 0 Å². The molecule has 0 radical (unpaired) electrons. The van der Waals surface area contributed by atoms with Crippen LogP contribution < -0.4 is 5.32 Å². The molecule has 5 heterocycles. The largest absolute Gasteiger partial charge is 0.347 e. The fourth-order valence-electron chi connectivity index (χ4n) is 3.78. The normalized spacial score (nSPS) is 28.8. The van der Waals surface area contributed by atoms with Gasteiger partial charge in [-0.05, 0) is 50.9 Å². The van der Waals surface area contributed by atoms with Gasteiger partial charge in [-0.3, -0.25) is 9.69 Å². The number of rotatable bonds is 3. The van der Waals surface area contributed by atoms with Crippen LogP contribution in [0.5, 0.6) is 0 Å². The third kappa shape index (κ3) is 2.82. The van der Waals surface area contributed by atoms with Gasteiger partial charge in [0.25, 0.3) is 5.91 Å². The fraction of sp³-hybridized carbons (Fsp3) is 0.471. The minimum absolute atomic E-state index is 0.0700. The molecule has 2 bridgehead atoms. The summed E-state index contributed by atoms with van der Waals surface area (Å²) in [5.41, 5.74) is 0.719. The van der Waals surface area contributed by atoms with Crippen molar-refractivity contribution in [2.45, 2.75) is 31.8 Å². The minimum atomic E-state index is -0.524. The number of thiazole rings is 1. The number of pyridine rings is 1. The molecule has 3 fully saturated rings. The Balaban J connectivity index is 1.48. The number of halogens is 1. The van der Waals surface area contributed by atoms with Crippen LogP contribution in [0, 0.1) is 11.9 Å². The van der Waals surface area contributed by atoms with E-state index < -0.39 is 5.95 Å². The molecule has 3 aliphatic rings. The molecule has 2 aromatic rings. The first-order valence-corrected chi connectivity index (χ1v) is 9.06. The molecule has 3 saturated heterocycles. The van der Waals surface area contributed by atoms with Gasteiger partial charge in [-0.1, -0.05) is 0 Å². The van der Waals surface area contributed by atoms with Crippen molar-refractivity contribution < 1.29 is 9.18 Å². The second-order valence-electron chi connectivity index (χ2n) is 6.51. The highest BCUT2D eigenvalue weighted by Crippen LogP contribution is 2.32. The molecular weight excluding hydrogens is 327 g/mol. The maximum atomic E-state index is 12.9. The average Bonchev–Trinajstić information content (AvgIpc) is 3.09. The van der Waals surface area contributed by atoms with Crippen LogP contribution in [0.3, 0.4) is 0 Å². The van der Waals surface area contributed by atoms with Gasteiger partial charge in [0.15, 0.2) is 0 Å². The van der Waals surface area contributed by atoms with Crippen LogP contribution in [-0.2, 0) is 0 Å². The van der Waals surface area contributed by atoms with Crippen molar-refractivity contribution in [3.8, 4) is 10.6 Å². The Morgan fingerprint density at radius 2 is 2.08 bits per heavy atom. The molecule has 0 aromatic carbocycles. The highest BCUT2D eigenvalue weighted by molar-refractivity contribution is 7.16. The number of amides is 1. The maximum absolute atomic E-state index is 12.9. The standard InChI is InChI=1S/C17H19FN4OS/c1-10-15(11-4-6-22(10)7-5-11)21-16(23)13-9-20-17(24-13)12-2-3-14(18)19-8-12/h2-3,8-11,15H,4-7H2,1H3,(H,21,23)/t10-,15+/m1/s1. The van der Waals surface area contributed by atoms with Crippen LogP contribution in [0.4, 0.5) is 4.39 Å². The zero-order chi connectivity index (χ0) is 16.7. The summed E-state index contributed by atoms with van der Waals surface area (Å²) in [5.74, 6) is -0.0216. The smallest absolute Gasteiger partial charge is 0.263 e. The lowest BCUT2D eigenvalue weighted by Crippen LogP contribution is -2.62. The Bertz CT molecular complexity index is 737. The van der Waals surface area contributed by atoms with Crippen molar-refractivity contribution in [3.05, 3.63) is 35.4 Å². The number of hydrogen-bond acceptors (Lipinski definition) is 5. The van der Waals surface area contributed by atoms with Crippen molar-refractivity contribution in [2.75, 3.05) is 13.1 Å². The van der Waals surface area contributed by atoms with Crippen LogP contribution in [0.25, 0.3) is 10.6 Å². The van der Waals surface area contributed by atoms with Gasteiger partial charge in [-0.25, -0.2) is 9.97 Å². The average molecular weight is 346 g/mol. The van der Waals surface area contributed by atoms with Gasteiger partial charge in [-0.2, -0.15) is 4.39 Å². The van der Waals surface area contributed by atoms with Gasteiger partial charge in [0.1, 0.15) is 9.88 Å². The molecule has 24 heavy (non-hydrogen) atoms. The monoisotopic (exact) mass is 346 g/mol. The number of carbonyl (C=O) groups is 1. The zero-order valence-corrected chi connectivity index (χ0v) is 14.2. The molecule has 5 rings (SSSR count). The van der Waals surface area contributed by atoms with Gasteiger partial charge in [-0.15, -0.1) is 11.3 Å². The topological polar surface area (TPSA) is 58.1 Å². The van der Waals surface area contributed by atoms with Crippen molar-refractivity contribution in [2.24, 2.45) is 5.92 Å². The Morgan fingerprint density at radius 3 is 2.75 bits per heavy atom. The van der Waals surface area contributed by atoms with E-state index in [9.17, 15) is 9.18 Å². The van der Waals surface area contributed by atoms with Gasteiger partial charge in [0, 0.05) is 23.8 Å². The lowest BCUT2D eigenvalue weighted by atomic mass is 9.79. The summed E-state index contributed by atoms with van der Waals surface area (Å²) in [7, 11) is 0. The van der Waals surface area contributed by atoms with Gasteiger partial charge >= 0.3 is 0 Å². The number of aromatic nitrogens is 2. The second kappa shape index (κ2) is 6.22. The highest BCUT2D eigenvalue weighted by Gasteiger charge is 2.40. The highest BCUT2D eigenvalue weighted by atomic mass is 32.1. The molecule has 0 aliphatic carbocycles. The summed E-state index contributed by atoms with van der Waals surface area (Å²) in [5, 5.41) is 3.88. The van der Waals surface area contributed by atoms with E-state index in [1.807, 2.05) is 0 Å². The molecule has 0 unspecified atom stereocenters. The van der Waals surface area contributed by atoms with E-state index in [1.54, 1.807) is 12.3 Å². The molecule has 1 amide bonds. The summed E-state index contributed by atoms with van der Waals surface area (Å²) in [4.78, 5) is 23.5. The van der Waals surface area contributed by atoms with E-state index in [-0.39, 0.29) is 11.9 Å². The number of piperidine rings is 3. The molecule has 1 N–H and O–H groups in total. The zero-order valence-electron chi connectivity index (χ0n) is 13.4. The van der Waals surface area contributed by atoms with E-state index in [1.165, 1.54) is 23.6 Å². The molecule has 7 heteroatoms. The summed E-state index contributed by atoms with van der Waals surface area (Å²) >= 11 is 1.31. The summed E-state index contributed by atoms with van der Waals surface area (Å²) < 4.78 is 12.9. The van der Waals surface area contributed by atoms with Crippen LogP contribution in [0.2, 0.25) is 0 Å². The Kier molecular flexibility index (Phi) is 4.05. The van der Waals surface area contributed by atoms with Crippen molar-refractivity contribution in [1.29, 1.82) is 0 Å². The van der Waals surface area contributed by atoms with Gasteiger partial charge in [0.2, 0.25) is 5.95 Å². The first-order valence-electron chi connectivity index (χ1n) is 8.24. The molecule has 2 aromatic heterocycles.